The van der Waals surface area contributed by atoms with Gasteiger partial charge in [0.05, 0.1) is 0 Å². The SMILES string of the molecule is Cn1ccnc1CCC(N)C1C2CCCC21. The highest BCUT2D eigenvalue weighted by molar-refractivity contribution is 5.06. The van der Waals surface area contributed by atoms with Gasteiger partial charge in [0.1, 0.15) is 5.82 Å². The number of fused-ring (bicyclic) bond motifs is 1. The van der Waals surface area contributed by atoms with E-state index in [1.807, 2.05) is 12.4 Å². The van der Waals surface area contributed by atoms with Crippen LogP contribution in [0.2, 0.25) is 0 Å². The Morgan fingerprint density at radius 1 is 1.50 bits per heavy atom. The van der Waals surface area contributed by atoms with Gasteiger partial charge in [0, 0.05) is 31.9 Å². The van der Waals surface area contributed by atoms with Gasteiger partial charge in [-0.05, 0) is 37.0 Å². The second kappa shape index (κ2) is 3.88. The molecule has 0 bridgehead atoms. The van der Waals surface area contributed by atoms with E-state index in [2.05, 4.69) is 16.6 Å². The van der Waals surface area contributed by atoms with Crippen molar-refractivity contribution in [1.29, 1.82) is 0 Å². The molecule has 0 saturated heterocycles. The van der Waals surface area contributed by atoms with Gasteiger partial charge in [-0.25, -0.2) is 4.98 Å². The molecule has 3 rings (SSSR count). The minimum Gasteiger partial charge on any atom is -0.338 e. The van der Waals surface area contributed by atoms with Crippen LogP contribution in [0, 0.1) is 17.8 Å². The molecule has 1 aromatic rings. The van der Waals surface area contributed by atoms with E-state index in [0.717, 1.165) is 30.6 Å². The molecule has 2 aliphatic carbocycles. The maximum atomic E-state index is 6.30. The molecule has 2 saturated carbocycles. The Morgan fingerprint density at radius 3 is 2.88 bits per heavy atom. The first-order valence-corrected chi connectivity index (χ1v) is 6.49. The first kappa shape index (κ1) is 10.3. The molecule has 16 heavy (non-hydrogen) atoms. The monoisotopic (exact) mass is 219 g/mol. The van der Waals surface area contributed by atoms with Gasteiger partial charge < -0.3 is 10.3 Å². The summed E-state index contributed by atoms with van der Waals surface area (Å²) in [6, 6.07) is 0.409. The Hall–Kier alpha value is -0.830. The molecule has 2 fully saturated rings. The molecular formula is C13H21N3. The number of nitrogens with zero attached hydrogens (tertiary/aromatic N) is 2. The van der Waals surface area contributed by atoms with E-state index in [1.54, 1.807) is 0 Å². The lowest BCUT2D eigenvalue weighted by molar-refractivity contribution is 0.457. The first-order valence-electron chi connectivity index (χ1n) is 6.49. The fourth-order valence-electron chi connectivity index (χ4n) is 3.64. The standard InChI is InChI=1S/C13H21N3/c1-16-8-7-15-12(16)6-5-11(14)13-9-3-2-4-10(9)13/h7-11,13H,2-6,14H2,1H3. The van der Waals surface area contributed by atoms with E-state index in [9.17, 15) is 0 Å². The Kier molecular flexibility index (Phi) is 2.51. The van der Waals surface area contributed by atoms with E-state index in [-0.39, 0.29) is 0 Å². The lowest BCUT2D eigenvalue weighted by atomic mass is 10.0. The minimum atomic E-state index is 0.409. The van der Waals surface area contributed by atoms with Crippen LogP contribution in [0.1, 0.15) is 31.5 Å². The second-order valence-corrected chi connectivity index (χ2v) is 5.49. The van der Waals surface area contributed by atoms with Crippen molar-refractivity contribution in [3.63, 3.8) is 0 Å². The summed E-state index contributed by atoms with van der Waals surface area (Å²) in [4.78, 5) is 4.35. The average Bonchev–Trinajstić information content (AvgIpc) is 2.67. The third kappa shape index (κ3) is 1.67. The number of rotatable bonds is 4. The van der Waals surface area contributed by atoms with Crippen LogP contribution in [0.15, 0.2) is 12.4 Å². The number of hydrogen-bond acceptors (Lipinski definition) is 2. The van der Waals surface area contributed by atoms with Crippen LogP contribution in [0.4, 0.5) is 0 Å². The van der Waals surface area contributed by atoms with Crippen molar-refractivity contribution >= 4 is 0 Å². The molecule has 0 radical (unpaired) electrons. The molecule has 0 spiro atoms. The molecule has 2 N–H and O–H groups in total. The predicted molar refractivity (Wildman–Crippen MR) is 63.8 cm³/mol. The molecule has 1 aromatic heterocycles. The number of hydrogen-bond donors (Lipinski definition) is 1. The average molecular weight is 219 g/mol. The molecule has 3 unspecified atom stereocenters. The fourth-order valence-corrected chi connectivity index (χ4v) is 3.64. The van der Waals surface area contributed by atoms with Crippen molar-refractivity contribution in [2.75, 3.05) is 0 Å². The molecular weight excluding hydrogens is 198 g/mol. The molecule has 1 heterocycles. The fraction of sp³-hybridized carbons (Fsp3) is 0.769. The van der Waals surface area contributed by atoms with Gasteiger partial charge in [-0.3, -0.25) is 0 Å². The topological polar surface area (TPSA) is 43.8 Å². The maximum absolute atomic E-state index is 6.30. The quantitative estimate of drug-likeness (QED) is 0.838. The minimum absolute atomic E-state index is 0.409. The molecule has 3 atom stereocenters. The van der Waals surface area contributed by atoms with Crippen molar-refractivity contribution in [1.82, 2.24) is 9.55 Å². The summed E-state index contributed by atoms with van der Waals surface area (Å²) in [6.07, 6.45) is 10.3. The molecule has 2 aliphatic rings. The van der Waals surface area contributed by atoms with Crippen LogP contribution in [0.5, 0.6) is 0 Å². The van der Waals surface area contributed by atoms with Crippen LogP contribution < -0.4 is 5.73 Å². The van der Waals surface area contributed by atoms with Gasteiger partial charge in [0.15, 0.2) is 0 Å². The predicted octanol–water partition coefficient (Wildman–Crippen LogP) is 1.73. The maximum Gasteiger partial charge on any atom is 0.108 e. The first-order chi connectivity index (χ1) is 7.77. The third-order valence-electron chi connectivity index (χ3n) is 4.59. The normalized spacial score (nSPS) is 33.8. The zero-order valence-corrected chi connectivity index (χ0v) is 9.97. The van der Waals surface area contributed by atoms with Crippen LogP contribution in [-0.4, -0.2) is 15.6 Å². The Labute approximate surface area is 97.0 Å². The smallest absolute Gasteiger partial charge is 0.108 e. The Bertz CT molecular complexity index is 361. The van der Waals surface area contributed by atoms with Crippen molar-refractivity contribution in [3.05, 3.63) is 18.2 Å². The van der Waals surface area contributed by atoms with Gasteiger partial charge >= 0.3 is 0 Å². The van der Waals surface area contributed by atoms with Crippen LogP contribution in [-0.2, 0) is 13.5 Å². The summed E-state index contributed by atoms with van der Waals surface area (Å²) < 4.78 is 2.10. The molecule has 0 aliphatic heterocycles. The number of aryl methyl sites for hydroxylation is 2. The Morgan fingerprint density at radius 2 is 2.25 bits per heavy atom. The van der Waals surface area contributed by atoms with Gasteiger partial charge in [0.2, 0.25) is 0 Å². The molecule has 3 nitrogen and oxygen atoms in total. The van der Waals surface area contributed by atoms with Gasteiger partial charge in [-0.1, -0.05) is 6.42 Å². The highest BCUT2D eigenvalue weighted by atomic mass is 15.0. The van der Waals surface area contributed by atoms with Gasteiger partial charge in [0.25, 0.3) is 0 Å². The van der Waals surface area contributed by atoms with E-state index in [0.29, 0.717) is 6.04 Å². The summed E-state index contributed by atoms with van der Waals surface area (Å²) in [5.41, 5.74) is 6.30. The highest BCUT2D eigenvalue weighted by Gasteiger charge is 2.54. The Balaban J connectivity index is 1.51. The van der Waals surface area contributed by atoms with Crippen molar-refractivity contribution in [2.45, 2.75) is 38.1 Å². The second-order valence-electron chi connectivity index (χ2n) is 5.49. The van der Waals surface area contributed by atoms with E-state index in [4.69, 9.17) is 5.73 Å². The van der Waals surface area contributed by atoms with E-state index >= 15 is 0 Å². The number of nitrogens with two attached hydrogens (primary N) is 1. The number of imidazole rings is 1. The van der Waals surface area contributed by atoms with Crippen molar-refractivity contribution in [2.24, 2.45) is 30.5 Å². The van der Waals surface area contributed by atoms with Crippen LogP contribution >= 0.6 is 0 Å². The van der Waals surface area contributed by atoms with Crippen LogP contribution in [0.25, 0.3) is 0 Å². The lowest BCUT2D eigenvalue weighted by Crippen LogP contribution is -2.26. The largest absolute Gasteiger partial charge is 0.338 e. The highest BCUT2D eigenvalue weighted by Crippen LogP contribution is 2.59. The molecule has 88 valence electrons. The van der Waals surface area contributed by atoms with Gasteiger partial charge in [-0.2, -0.15) is 0 Å². The lowest BCUT2D eigenvalue weighted by Gasteiger charge is -2.13. The summed E-state index contributed by atoms with van der Waals surface area (Å²) in [7, 11) is 2.06. The molecule has 0 aromatic carbocycles. The zero-order valence-electron chi connectivity index (χ0n) is 9.97. The van der Waals surface area contributed by atoms with Crippen LogP contribution in [0.3, 0.4) is 0 Å². The number of aromatic nitrogens is 2. The summed E-state index contributed by atoms with van der Waals surface area (Å²) in [5, 5.41) is 0. The van der Waals surface area contributed by atoms with Crippen molar-refractivity contribution in [3.8, 4) is 0 Å². The summed E-state index contributed by atoms with van der Waals surface area (Å²) in [5.74, 6) is 3.98. The molecule has 3 heteroatoms. The molecule has 0 amide bonds. The van der Waals surface area contributed by atoms with Gasteiger partial charge in [-0.15, -0.1) is 0 Å². The summed E-state index contributed by atoms with van der Waals surface area (Å²) in [6.45, 7) is 0. The zero-order chi connectivity index (χ0) is 11.1. The summed E-state index contributed by atoms with van der Waals surface area (Å²) >= 11 is 0. The van der Waals surface area contributed by atoms with E-state index in [1.165, 1.54) is 25.1 Å². The van der Waals surface area contributed by atoms with E-state index < -0.39 is 0 Å². The third-order valence-corrected chi connectivity index (χ3v) is 4.59. The van der Waals surface area contributed by atoms with Crippen molar-refractivity contribution < 1.29 is 0 Å².